The van der Waals surface area contributed by atoms with Crippen LogP contribution in [0.1, 0.15) is 5.69 Å². The maximum Gasteiger partial charge on any atom is 0.287 e. The Morgan fingerprint density at radius 2 is 1.83 bits per heavy atom. The highest BCUT2D eigenvalue weighted by atomic mass is 35.5. The minimum atomic E-state index is -0.271. The molecule has 3 heterocycles. The van der Waals surface area contributed by atoms with E-state index in [1.807, 2.05) is 19.2 Å². The van der Waals surface area contributed by atoms with Crippen molar-refractivity contribution in [2.45, 2.75) is 12.1 Å². The summed E-state index contributed by atoms with van der Waals surface area (Å²) in [5.41, 5.74) is 1.39. The molecule has 0 amide bonds. The predicted molar refractivity (Wildman–Crippen MR) is 97.5 cm³/mol. The zero-order valence-corrected chi connectivity index (χ0v) is 15.4. The van der Waals surface area contributed by atoms with Gasteiger partial charge in [0, 0.05) is 45.0 Å². The lowest BCUT2D eigenvalue weighted by atomic mass is 10.2. The van der Waals surface area contributed by atoms with Crippen molar-refractivity contribution < 1.29 is 0 Å². The Kier molecular flexibility index (Phi) is 4.96. The van der Waals surface area contributed by atoms with E-state index in [-0.39, 0.29) is 10.6 Å². The second-order valence-corrected chi connectivity index (χ2v) is 6.75. The van der Waals surface area contributed by atoms with Crippen LogP contribution in [0, 0.1) is 6.92 Å². The monoisotopic (exact) mass is 366 g/mol. The maximum absolute atomic E-state index is 11.9. The van der Waals surface area contributed by atoms with Gasteiger partial charge in [0.05, 0.1) is 11.9 Å². The predicted octanol–water partition coefficient (Wildman–Crippen LogP) is 1.58. The summed E-state index contributed by atoms with van der Waals surface area (Å²) in [4.78, 5) is 25.2. The van der Waals surface area contributed by atoms with Crippen LogP contribution in [0.4, 0.5) is 11.5 Å². The second-order valence-electron chi connectivity index (χ2n) is 5.60. The van der Waals surface area contributed by atoms with Gasteiger partial charge in [-0.2, -0.15) is 5.10 Å². The highest BCUT2D eigenvalue weighted by Crippen LogP contribution is 2.24. The second kappa shape index (κ2) is 6.98. The lowest BCUT2D eigenvalue weighted by Gasteiger charge is -2.36. The van der Waals surface area contributed by atoms with Crippen LogP contribution in [0.2, 0.25) is 5.02 Å². The first kappa shape index (κ1) is 17.0. The smallest absolute Gasteiger partial charge is 0.287 e. The molecule has 1 aliphatic rings. The van der Waals surface area contributed by atoms with Crippen LogP contribution in [0.5, 0.6) is 0 Å². The minimum Gasteiger partial charge on any atom is -0.365 e. The van der Waals surface area contributed by atoms with E-state index >= 15 is 0 Å². The normalized spacial score (nSPS) is 15.0. The zero-order valence-electron chi connectivity index (χ0n) is 13.9. The third kappa shape index (κ3) is 3.34. The van der Waals surface area contributed by atoms with Crippen LogP contribution in [0.25, 0.3) is 0 Å². The average Bonchev–Trinajstić information content (AvgIpc) is 2.59. The van der Waals surface area contributed by atoms with Gasteiger partial charge in [0.1, 0.15) is 10.8 Å². The first-order valence-corrected chi connectivity index (χ1v) is 9.21. The number of anilines is 2. The molecule has 3 rings (SSSR count). The highest BCUT2D eigenvalue weighted by Gasteiger charge is 2.22. The summed E-state index contributed by atoms with van der Waals surface area (Å²) in [7, 11) is 1.59. The molecule has 7 nitrogen and oxygen atoms in total. The molecule has 0 bridgehead atoms. The summed E-state index contributed by atoms with van der Waals surface area (Å²) in [6.07, 6.45) is 3.63. The van der Waals surface area contributed by atoms with Gasteiger partial charge >= 0.3 is 0 Å². The Morgan fingerprint density at radius 1 is 1.17 bits per heavy atom. The molecule has 2 aromatic rings. The van der Waals surface area contributed by atoms with E-state index < -0.39 is 0 Å². The Balaban J connectivity index is 1.76. The third-order valence-corrected chi connectivity index (χ3v) is 4.91. The molecular weight excluding hydrogens is 348 g/mol. The third-order valence-electron chi connectivity index (χ3n) is 4.01. The lowest BCUT2D eigenvalue weighted by Crippen LogP contribution is -2.47. The first-order chi connectivity index (χ1) is 11.5. The van der Waals surface area contributed by atoms with Crippen LogP contribution >= 0.6 is 23.4 Å². The molecule has 0 spiro atoms. The summed E-state index contributed by atoms with van der Waals surface area (Å²) in [6.45, 7) is 5.09. The first-order valence-electron chi connectivity index (χ1n) is 7.61. The van der Waals surface area contributed by atoms with Gasteiger partial charge in [0.15, 0.2) is 5.16 Å². The van der Waals surface area contributed by atoms with Gasteiger partial charge in [-0.25, -0.2) is 14.6 Å². The zero-order chi connectivity index (χ0) is 17.3. The SMILES string of the molecule is CSc1nc(C)cc(N2CCN(c3cnn(C)c(=O)c3Cl)CC2)n1. The van der Waals surface area contributed by atoms with Gasteiger partial charge < -0.3 is 9.80 Å². The van der Waals surface area contributed by atoms with Crippen molar-refractivity contribution in [2.75, 3.05) is 42.2 Å². The number of thioether (sulfide) groups is 1. The van der Waals surface area contributed by atoms with Gasteiger partial charge in [0.25, 0.3) is 5.56 Å². The fraction of sp³-hybridized carbons (Fsp3) is 0.467. The highest BCUT2D eigenvalue weighted by molar-refractivity contribution is 7.98. The standard InChI is InChI=1S/C15H19ClN6OS/c1-10-8-12(19-15(18-10)24-3)22-6-4-21(5-7-22)11-9-17-20(2)14(23)13(11)16/h8-9H,4-7H2,1-3H3. The summed E-state index contributed by atoms with van der Waals surface area (Å²) in [6, 6.07) is 2.00. The summed E-state index contributed by atoms with van der Waals surface area (Å²) in [5, 5.41) is 5.08. The molecule has 128 valence electrons. The van der Waals surface area contributed by atoms with Crippen molar-refractivity contribution in [1.29, 1.82) is 0 Å². The molecule has 0 radical (unpaired) electrons. The summed E-state index contributed by atoms with van der Waals surface area (Å²) in [5.74, 6) is 0.944. The number of hydrogen-bond donors (Lipinski definition) is 0. The van der Waals surface area contributed by atoms with E-state index in [1.54, 1.807) is 25.0 Å². The molecule has 0 aromatic carbocycles. The quantitative estimate of drug-likeness (QED) is 0.603. The van der Waals surface area contributed by atoms with Gasteiger partial charge in [-0.3, -0.25) is 4.79 Å². The lowest BCUT2D eigenvalue weighted by molar-refractivity contribution is 0.634. The topological polar surface area (TPSA) is 67.2 Å². The number of piperazine rings is 1. The number of rotatable bonds is 3. The molecule has 2 aromatic heterocycles. The van der Waals surface area contributed by atoms with Crippen molar-refractivity contribution in [1.82, 2.24) is 19.7 Å². The van der Waals surface area contributed by atoms with Crippen LogP contribution < -0.4 is 15.4 Å². The molecule has 0 unspecified atom stereocenters. The van der Waals surface area contributed by atoms with Gasteiger partial charge in [-0.1, -0.05) is 23.4 Å². The largest absolute Gasteiger partial charge is 0.365 e. The van der Waals surface area contributed by atoms with E-state index in [4.69, 9.17) is 11.6 Å². The van der Waals surface area contributed by atoms with Crippen LogP contribution in [-0.2, 0) is 7.05 Å². The van der Waals surface area contributed by atoms with E-state index in [2.05, 4.69) is 24.9 Å². The molecule has 0 saturated carbocycles. The molecule has 0 N–H and O–H groups in total. The van der Waals surface area contributed by atoms with Crippen molar-refractivity contribution >= 4 is 34.9 Å². The fourth-order valence-electron chi connectivity index (χ4n) is 2.68. The maximum atomic E-state index is 11.9. The van der Waals surface area contributed by atoms with Crippen molar-refractivity contribution in [3.05, 3.63) is 33.3 Å². The van der Waals surface area contributed by atoms with Crippen molar-refractivity contribution in [3.8, 4) is 0 Å². The number of halogens is 1. The minimum absolute atomic E-state index is 0.225. The molecule has 1 fully saturated rings. The van der Waals surface area contributed by atoms with Crippen molar-refractivity contribution in [3.63, 3.8) is 0 Å². The number of aryl methyl sites for hydroxylation is 2. The molecule has 1 saturated heterocycles. The summed E-state index contributed by atoms with van der Waals surface area (Å²) < 4.78 is 1.25. The Morgan fingerprint density at radius 3 is 2.50 bits per heavy atom. The van der Waals surface area contributed by atoms with Crippen molar-refractivity contribution in [2.24, 2.45) is 7.05 Å². The number of hydrogen-bond acceptors (Lipinski definition) is 7. The average molecular weight is 367 g/mol. The Labute approximate surface area is 149 Å². The van der Waals surface area contributed by atoms with Gasteiger partial charge in [-0.15, -0.1) is 0 Å². The van der Waals surface area contributed by atoms with Crippen LogP contribution in [-0.4, -0.2) is 52.2 Å². The Hall–Kier alpha value is -1.80. The summed E-state index contributed by atoms with van der Waals surface area (Å²) >= 11 is 7.73. The molecule has 1 aliphatic heterocycles. The molecular formula is C15H19ClN6OS. The van der Waals surface area contributed by atoms with E-state index in [1.165, 1.54) is 4.68 Å². The van der Waals surface area contributed by atoms with Gasteiger partial charge in [-0.05, 0) is 13.2 Å². The fourth-order valence-corrected chi connectivity index (χ4v) is 3.39. The molecule has 0 atom stereocenters. The van der Waals surface area contributed by atoms with Gasteiger partial charge in [0.2, 0.25) is 0 Å². The number of aromatic nitrogens is 4. The number of nitrogens with zero attached hydrogens (tertiary/aromatic N) is 6. The van der Waals surface area contributed by atoms with Crippen LogP contribution in [0.15, 0.2) is 22.2 Å². The molecule has 9 heteroatoms. The van der Waals surface area contributed by atoms with E-state index in [0.29, 0.717) is 5.69 Å². The van der Waals surface area contributed by atoms with E-state index in [0.717, 1.165) is 42.8 Å². The van der Waals surface area contributed by atoms with Crippen LogP contribution in [0.3, 0.4) is 0 Å². The Bertz CT molecular complexity index is 803. The molecule has 0 aliphatic carbocycles. The van der Waals surface area contributed by atoms with E-state index in [9.17, 15) is 4.79 Å². The molecule has 24 heavy (non-hydrogen) atoms.